The zero-order valence-electron chi connectivity index (χ0n) is 16.5. The average molecular weight is 478 g/mol. The Hall–Kier alpha value is -3.48. The van der Waals surface area contributed by atoms with Gasteiger partial charge in [0.05, 0.1) is 39.2 Å². The number of nitro benzene ring substituents is 1. The Morgan fingerprint density at radius 3 is 1.97 bits per heavy atom. The summed E-state index contributed by atoms with van der Waals surface area (Å²) in [7, 11) is -8.42. The lowest BCUT2D eigenvalue weighted by molar-refractivity contribution is -0.384. The highest BCUT2D eigenvalue weighted by Crippen LogP contribution is 2.35. The number of non-ortho nitro benzene ring substituents is 1. The Morgan fingerprint density at radius 2 is 1.44 bits per heavy atom. The van der Waals surface area contributed by atoms with Gasteiger partial charge in [0.2, 0.25) is 0 Å². The van der Waals surface area contributed by atoms with Crippen LogP contribution in [-0.2, 0) is 20.0 Å². The summed E-state index contributed by atoms with van der Waals surface area (Å²) in [6.45, 7) is -0.983. The number of nitrogens with zero attached hydrogens (tertiary/aromatic N) is 2. The Labute approximate surface area is 185 Å². The van der Waals surface area contributed by atoms with Crippen LogP contribution in [0.5, 0.6) is 0 Å². The molecule has 0 unspecified atom stereocenters. The monoisotopic (exact) mass is 477 g/mol. The number of anilines is 2. The quantitative estimate of drug-likeness (QED) is 0.356. The van der Waals surface area contributed by atoms with Crippen LogP contribution >= 0.6 is 0 Å². The molecule has 0 saturated carbocycles. The van der Waals surface area contributed by atoms with Crippen LogP contribution in [0.25, 0.3) is 0 Å². The number of sulfonamides is 2. The Kier molecular flexibility index (Phi) is 6.77. The highest BCUT2D eigenvalue weighted by molar-refractivity contribution is 7.93. The first-order valence-electron chi connectivity index (χ1n) is 9.22. The third kappa shape index (κ3) is 4.88. The molecule has 168 valence electrons. The van der Waals surface area contributed by atoms with Gasteiger partial charge in [-0.1, -0.05) is 36.4 Å². The molecule has 0 aliphatic carbocycles. The summed E-state index contributed by atoms with van der Waals surface area (Å²) in [5.41, 5.74) is -0.940. The zero-order valence-corrected chi connectivity index (χ0v) is 18.2. The molecule has 0 radical (unpaired) electrons. The van der Waals surface area contributed by atoms with Crippen LogP contribution in [0.1, 0.15) is 0 Å². The Balaban J connectivity index is 2.17. The fourth-order valence-corrected chi connectivity index (χ4v) is 5.50. The van der Waals surface area contributed by atoms with Gasteiger partial charge >= 0.3 is 0 Å². The van der Waals surface area contributed by atoms with Crippen molar-refractivity contribution in [3.8, 4) is 0 Å². The molecule has 0 saturated heterocycles. The standard InChI is InChI=1S/C20H19N3O7S2/c24-14-13-22(32(29,30)18-9-5-2-6-10-18)20-12-11-16(23(25)26)15-19(20)21-31(27,28)17-7-3-1-4-8-17/h1-12,15,21,24H,13-14H2. The molecule has 3 aromatic carbocycles. The number of benzene rings is 3. The lowest BCUT2D eigenvalue weighted by atomic mass is 10.2. The molecule has 0 bridgehead atoms. The van der Waals surface area contributed by atoms with Gasteiger partial charge in [0, 0.05) is 12.1 Å². The van der Waals surface area contributed by atoms with Gasteiger partial charge < -0.3 is 5.11 Å². The molecule has 3 aromatic rings. The molecule has 0 aromatic heterocycles. The van der Waals surface area contributed by atoms with E-state index in [-0.39, 0.29) is 21.2 Å². The van der Waals surface area contributed by atoms with E-state index in [0.717, 1.165) is 22.5 Å². The van der Waals surface area contributed by atoms with Crippen molar-refractivity contribution in [3.63, 3.8) is 0 Å². The maximum absolute atomic E-state index is 13.2. The predicted molar refractivity (Wildman–Crippen MR) is 118 cm³/mol. The number of aliphatic hydroxyl groups excluding tert-OH is 1. The smallest absolute Gasteiger partial charge is 0.271 e. The van der Waals surface area contributed by atoms with E-state index in [1.807, 2.05) is 0 Å². The minimum absolute atomic E-state index is 0.0938. The number of hydrogen-bond acceptors (Lipinski definition) is 7. The summed E-state index contributed by atoms with van der Waals surface area (Å²) in [6, 6.07) is 17.7. The summed E-state index contributed by atoms with van der Waals surface area (Å²) >= 11 is 0. The summed E-state index contributed by atoms with van der Waals surface area (Å²) in [4.78, 5) is 10.3. The molecule has 12 heteroatoms. The van der Waals surface area contributed by atoms with E-state index in [1.54, 1.807) is 12.1 Å². The van der Waals surface area contributed by atoms with E-state index in [4.69, 9.17) is 0 Å². The molecular formula is C20H19N3O7S2. The van der Waals surface area contributed by atoms with Gasteiger partial charge in [0.1, 0.15) is 0 Å². The maximum atomic E-state index is 13.2. The number of hydrogen-bond donors (Lipinski definition) is 2. The first-order chi connectivity index (χ1) is 15.2. The lowest BCUT2D eigenvalue weighted by Crippen LogP contribution is -2.34. The van der Waals surface area contributed by atoms with E-state index >= 15 is 0 Å². The molecule has 0 amide bonds. The van der Waals surface area contributed by atoms with E-state index in [9.17, 15) is 32.1 Å². The SMILES string of the molecule is O=[N+]([O-])c1ccc(N(CCO)S(=O)(=O)c2ccccc2)c(NS(=O)(=O)c2ccccc2)c1. The second kappa shape index (κ2) is 9.34. The van der Waals surface area contributed by atoms with Gasteiger partial charge in [-0.05, 0) is 30.3 Å². The van der Waals surface area contributed by atoms with Crippen LogP contribution in [0.15, 0.2) is 88.7 Å². The van der Waals surface area contributed by atoms with Crippen molar-refractivity contribution in [3.05, 3.63) is 89.0 Å². The van der Waals surface area contributed by atoms with Crippen LogP contribution in [0, 0.1) is 10.1 Å². The van der Waals surface area contributed by atoms with Gasteiger partial charge in [0.25, 0.3) is 25.7 Å². The van der Waals surface area contributed by atoms with E-state index in [2.05, 4.69) is 4.72 Å². The van der Waals surface area contributed by atoms with Crippen LogP contribution in [0.4, 0.5) is 17.1 Å². The number of nitrogens with one attached hydrogen (secondary N) is 1. The molecule has 2 N–H and O–H groups in total. The number of aliphatic hydroxyl groups is 1. The second-order valence-electron chi connectivity index (χ2n) is 6.49. The lowest BCUT2D eigenvalue weighted by Gasteiger charge is -2.26. The summed E-state index contributed by atoms with van der Waals surface area (Å²) in [6.07, 6.45) is 0. The Morgan fingerprint density at radius 1 is 0.875 bits per heavy atom. The number of nitro groups is 1. The van der Waals surface area contributed by atoms with Crippen molar-refractivity contribution in [1.82, 2.24) is 0 Å². The van der Waals surface area contributed by atoms with Gasteiger partial charge in [0.15, 0.2) is 0 Å². The molecule has 3 rings (SSSR count). The molecule has 0 heterocycles. The van der Waals surface area contributed by atoms with Crippen LogP contribution < -0.4 is 9.03 Å². The summed E-state index contributed by atoms with van der Waals surface area (Å²) < 4.78 is 55.2. The average Bonchev–Trinajstić information content (AvgIpc) is 2.78. The molecule has 0 fully saturated rings. The van der Waals surface area contributed by atoms with Crippen LogP contribution in [-0.4, -0.2) is 40.0 Å². The number of rotatable bonds is 9. The van der Waals surface area contributed by atoms with Crippen LogP contribution in [0.2, 0.25) is 0 Å². The normalized spacial score (nSPS) is 11.7. The first-order valence-corrected chi connectivity index (χ1v) is 12.1. The minimum atomic E-state index is -4.22. The highest BCUT2D eigenvalue weighted by atomic mass is 32.2. The second-order valence-corrected chi connectivity index (χ2v) is 10.0. The Bertz CT molecular complexity index is 1310. The van der Waals surface area contributed by atoms with Gasteiger partial charge in [-0.2, -0.15) is 0 Å². The first kappa shape index (κ1) is 23.2. The topological polar surface area (TPSA) is 147 Å². The maximum Gasteiger partial charge on any atom is 0.271 e. The van der Waals surface area contributed by atoms with E-state index in [0.29, 0.717) is 0 Å². The zero-order chi connectivity index (χ0) is 23.4. The van der Waals surface area contributed by atoms with Gasteiger partial charge in [-0.15, -0.1) is 0 Å². The largest absolute Gasteiger partial charge is 0.394 e. The van der Waals surface area contributed by atoms with E-state index < -0.39 is 43.8 Å². The van der Waals surface area contributed by atoms with Crippen molar-refractivity contribution >= 4 is 37.1 Å². The molecule has 0 atom stereocenters. The summed E-state index contributed by atoms with van der Waals surface area (Å²) in [5.74, 6) is 0. The third-order valence-corrected chi connectivity index (χ3v) is 7.60. The van der Waals surface area contributed by atoms with Gasteiger partial charge in [-0.25, -0.2) is 16.8 Å². The molecule has 10 nitrogen and oxygen atoms in total. The van der Waals surface area contributed by atoms with Crippen molar-refractivity contribution < 1.29 is 26.9 Å². The molecular weight excluding hydrogens is 458 g/mol. The molecule has 32 heavy (non-hydrogen) atoms. The van der Waals surface area contributed by atoms with E-state index in [1.165, 1.54) is 48.5 Å². The highest BCUT2D eigenvalue weighted by Gasteiger charge is 2.29. The third-order valence-electron chi connectivity index (χ3n) is 4.39. The van der Waals surface area contributed by atoms with Gasteiger partial charge in [-0.3, -0.25) is 19.1 Å². The van der Waals surface area contributed by atoms with Crippen molar-refractivity contribution in [2.75, 3.05) is 22.2 Å². The fraction of sp³-hybridized carbons (Fsp3) is 0.100. The van der Waals surface area contributed by atoms with Crippen molar-refractivity contribution in [1.29, 1.82) is 0 Å². The predicted octanol–water partition coefficient (Wildman–Crippen LogP) is 2.58. The fourth-order valence-electron chi connectivity index (χ4n) is 2.92. The molecule has 0 aliphatic rings. The van der Waals surface area contributed by atoms with Crippen molar-refractivity contribution in [2.24, 2.45) is 0 Å². The van der Waals surface area contributed by atoms with Crippen LogP contribution in [0.3, 0.4) is 0 Å². The van der Waals surface area contributed by atoms with Crippen molar-refractivity contribution in [2.45, 2.75) is 9.79 Å². The molecule has 0 aliphatic heterocycles. The minimum Gasteiger partial charge on any atom is -0.394 e. The molecule has 0 spiro atoms. The summed E-state index contributed by atoms with van der Waals surface area (Å²) in [5, 5.41) is 20.8.